The second kappa shape index (κ2) is 3.11. The molecule has 1 fully saturated rings. The lowest BCUT2D eigenvalue weighted by Crippen LogP contribution is -2.36. The van der Waals surface area contributed by atoms with Crippen molar-refractivity contribution in [1.29, 1.82) is 0 Å². The van der Waals surface area contributed by atoms with Gasteiger partial charge in [0, 0.05) is 0 Å². The summed E-state index contributed by atoms with van der Waals surface area (Å²) in [6.45, 7) is 4.22. The number of rotatable bonds is 3. The third-order valence-electron chi connectivity index (χ3n) is 3.71. The highest BCUT2D eigenvalue weighted by Crippen LogP contribution is 2.55. The number of hydrogen-bond acceptors (Lipinski definition) is 1. The van der Waals surface area contributed by atoms with Gasteiger partial charge in [0.2, 0.25) is 0 Å². The van der Waals surface area contributed by atoms with Crippen LogP contribution in [0.15, 0.2) is 12.2 Å². The molecular formula is C12H18O2. The maximum atomic E-state index is 11.4. The molecule has 1 saturated carbocycles. The molecule has 2 nitrogen and oxygen atoms in total. The van der Waals surface area contributed by atoms with Crippen LogP contribution < -0.4 is 0 Å². The van der Waals surface area contributed by atoms with Crippen LogP contribution in [0.1, 0.15) is 33.1 Å². The third-order valence-corrected chi connectivity index (χ3v) is 3.71. The summed E-state index contributed by atoms with van der Waals surface area (Å²) in [5.41, 5.74) is -0.437. The number of carboxylic acid groups (broad SMARTS) is 1. The van der Waals surface area contributed by atoms with Gasteiger partial charge in [0.15, 0.2) is 0 Å². The van der Waals surface area contributed by atoms with Crippen molar-refractivity contribution < 1.29 is 9.90 Å². The molecule has 0 aromatic rings. The summed E-state index contributed by atoms with van der Waals surface area (Å²) in [5.74, 6) is 0.726. The number of allylic oxidation sites excluding steroid dienone is 2. The molecule has 2 bridgehead atoms. The van der Waals surface area contributed by atoms with Gasteiger partial charge in [-0.15, -0.1) is 0 Å². The summed E-state index contributed by atoms with van der Waals surface area (Å²) in [6, 6.07) is 0. The quantitative estimate of drug-likeness (QED) is 0.701. The molecule has 2 aliphatic rings. The second-order valence-corrected chi connectivity index (χ2v) is 5.25. The summed E-state index contributed by atoms with van der Waals surface area (Å²) in [7, 11) is 0. The van der Waals surface area contributed by atoms with Gasteiger partial charge < -0.3 is 5.11 Å². The Morgan fingerprint density at radius 3 is 2.64 bits per heavy atom. The number of carboxylic acids is 1. The summed E-state index contributed by atoms with van der Waals surface area (Å²) in [5, 5.41) is 9.40. The standard InChI is InChI=1S/C12H18O2/c1-8(2)6-12(11(13)14)7-9-3-4-10(12)5-9/h3-4,8-10H,5-7H2,1-2H3,(H,13,14). The molecule has 0 aliphatic heterocycles. The van der Waals surface area contributed by atoms with E-state index >= 15 is 0 Å². The third kappa shape index (κ3) is 1.28. The lowest BCUT2D eigenvalue weighted by molar-refractivity contribution is -0.151. The van der Waals surface area contributed by atoms with Gasteiger partial charge in [0.25, 0.3) is 0 Å². The molecule has 2 aliphatic carbocycles. The Kier molecular flexibility index (Phi) is 2.17. The van der Waals surface area contributed by atoms with Crippen molar-refractivity contribution in [2.24, 2.45) is 23.2 Å². The van der Waals surface area contributed by atoms with Gasteiger partial charge >= 0.3 is 5.97 Å². The van der Waals surface area contributed by atoms with Crippen molar-refractivity contribution in [3.05, 3.63) is 12.2 Å². The predicted octanol–water partition coefficient (Wildman–Crippen LogP) is 2.70. The molecule has 0 heterocycles. The Morgan fingerprint density at radius 2 is 2.29 bits per heavy atom. The van der Waals surface area contributed by atoms with Gasteiger partial charge in [0.1, 0.15) is 0 Å². The maximum absolute atomic E-state index is 11.4. The molecule has 3 unspecified atom stereocenters. The first kappa shape index (κ1) is 9.75. The van der Waals surface area contributed by atoms with Crippen LogP contribution in [0.2, 0.25) is 0 Å². The van der Waals surface area contributed by atoms with Crippen molar-refractivity contribution >= 4 is 5.97 Å². The summed E-state index contributed by atoms with van der Waals surface area (Å²) in [4.78, 5) is 11.4. The number of aliphatic carboxylic acids is 1. The highest BCUT2D eigenvalue weighted by atomic mass is 16.4. The monoisotopic (exact) mass is 194 g/mol. The summed E-state index contributed by atoms with van der Waals surface area (Å²) >= 11 is 0. The van der Waals surface area contributed by atoms with E-state index in [0.29, 0.717) is 17.8 Å². The lowest BCUT2D eigenvalue weighted by atomic mass is 9.70. The molecule has 0 amide bonds. The van der Waals surface area contributed by atoms with E-state index in [0.717, 1.165) is 19.3 Å². The Morgan fingerprint density at radius 1 is 1.57 bits per heavy atom. The number of carbonyl (C=O) groups is 1. The van der Waals surface area contributed by atoms with E-state index in [-0.39, 0.29) is 0 Å². The van der Waals surface area contributed by atoms with Crippen LogP contribution >= 0.6 is 0 Å². The minimum Gasteiger partial charge on any atom is -0.481 e. The first-order valence-electron chi connectivity index (χ1n) is 5.46. The molecule has 0 aromatic carbocycles. The number of hydrogen-bond donors (Lipinski definition) is 1. The van der Waals surface area contributed by atoms with Crippen molar-refractivity contribution in [2.45, 2.75) is 33.1 Å². The number of fused-ring (bicyclic) bond motifs is 2. The molecule has 78 valence electrons. The Bertz CT molecular complexity index is 280. The molecule has 3 atom stereocenters. The predicted molar refractivity (Wildman–Crippen MR) is 54.9 cm³/mol. The second-order valence-electron chi connectivity index (χ2n) is 5.25. The van der Waals surface area contributed by atoms with E-state index in [2.05, 4.69) is 26.0 Å². The molecule has 2 heteroatoms. The minimum absolute atomic E-state index is 0.299. The molecule has 1 N–H and O–H groups in total. The molecule has 0 saturated heterocycles. The normalized spacial score (nSPS) is 39.6. The highest BCUT2D eigenvalue weighted by molar-refractivity contribution is 5.76. The fourth-order valence-electron chi connectivity index (χ4n) is 3.25. The summed E-state index contributed by atoms with van der Waals surface area (Å²) in [6.07, 6.45) is 7.09. The van der Waals surface area contributed by atoms with Gasteiger partial charge in [-0.25, -0.2) is 0 Å². The van der Waals surface area contributed by atoms with E-state index in [9.17, 15) is 9.90 Å². The van der Waals surface area contributed by atoms with Gasteiger partial charge in [-0.1, -0.05) is 26.0 Å². The zero-order valence-corrected chi connectivity index (χ0v) is 8.86. The molecule has 14 heavy (non-hydrogen) atoms. The van der Waals surface area contributed by atoms with Crippen molar-refractivity contribution in [3.8, 4) is 0 Å². The summed E-state index contributed by atoms with van der Waals surface area (Å²) < 4.78 is 0. The van der Waals surface area contributed by atoms with Gasteiger partial charge in [-0.2, -0.15) is 0 Å². The Labute approximate surface area is 85.0 Å². The van der Waals surface area contributed by atoms with Crippen LogP contribution in [0.3, 0.4) is 0 Å². The topological polar surface area (TPSA) is 37.3 Å². The van der Waals surface area contributed by atoms with Gasteiger partial charge in [-0.05, 0) is 37.0 Å². The highest BCUT2D eigenvalue weighted by Gasteiger charge is 2.53. The average Bonchev–Trinajstić information content (AvgIpc) is 2.61. The van der Waals surface area contributed by atoms with Crippen LogP contribution in [0.25, 0.3) is 0 Å². The van der Waals surface area contributed by atoms with Crippen molar-refractivity contribution in [2.75, 3.05) is 0 Å². The van der Waals surface area contributed by atoms with Gasteiger partial charge in [-0.3, -0.25) is 4.79 Å². The largest absolute Gasteiger partial charge is 0.481 e. The van der Waals surface area contributed by atoms with E-state index in [1.54, 1.807) is 0 Å². The Hall–Kier alpha value is -0.790. The SMILES string of the molecule is CC(C)CC1(C(=O)O)CC2C=CC1C2. The van der Waals surface area contributed by atoms with E-state index in [1.807, 2.05) is 0 Å². The fraction of sp³-hybridized carbons (Fsp3) is 0.750. The molecule has 2 rings (SSSR count). The smallest absolute Gasteiger partial charge is 0.310 e. The zero-order chi connectivity index (χ0) is 10.3. The first-order chi connectivity index (χ1) is 6.54. The van der Waals surface area contributed by atoms with E-state index in [1.165, 1.54) is 0 Å². The van der Waals surface area contributed by atoms with Crippen LogP contribution in [-0.4, -0.2) is 11.1 Å². The molecular weight excluding hydrogens is 176 g/mol. The van der Waals surface area contributed by atoms with Crippen LogP contribution in [0, 0.1) is 23.2 Å². The van der Waals surface area contributed by atoms with Crippen molar-refractivity contribution in [1.82, 2.24) is 0 Å². The van der Waals surface area contributed by atoms with Crippen LogP contribution in [-0.2, 0) is 4.79 Å². The molecule has 0 radical (unpaired) electrons. The first-order valence-corrected chi connectivity index (χ1v) is 5.46. The van der Waals surface area contributed by atoms with E-state index in [4.69, 9.17) is 0 Å². The molecule has 0 aromatic heterocycles. The lowest BCUT2D eigenvalue weighted by Gasteiger charge is -2.32. The minimum atomic E-state index is -0.581. The average molecular weight is 194 g/mol. The van der Waals surface area contributed by atoms with E-state index < -0.39 is 11.4 Å². The van der Waals surface area contributed by atoms with Crippen LogP contribution in [0.4, 0.5) is 0 Å². The van der Waals surface area contributed by atoms with Crippen LogP contribution in [0.5, 0.6) is 0 Å². The van der Waals surface area contributed by atoms with Crippen molar-refractivity contribution in [3.63, 3.8) is 0 Å². The zero-order valence-electron chi connectivity index (χ0n) is 8.86. The Balaban J connectivity index is 2.24. The molecule has 0 spiro atoms. The van der Waals surface area contributed by atoms with Gasteiger partial charge in [0.05, 0.1) is 5.41 Å². The fourth-order valence-corrected chi connectivity index (χ4v) is 3.25. The maximum Gasteiger partial charge on any atom is 0.310 e.